The monoisotopic (exact) mass is 332 g/mol. The van der Waals surface area contributed by atoms with E-state index in [4.69, 9.17) is 0 Å². The minimum atomic E-state index is 0.348. The molecule has 0 aliphatic carbocycles. The molecule has 0 bridgehead atoms. The van der Waals surface area contributed by atoms with Gasteiger partial charge in [0.25, 0.3) is 11.6 Å². The molecular formula is C20H20N4O. The van der Waals surface area contributed by atoms with Crippen LogP contribution in [0.1, 0.15) is 19.3 Å². The van der Waals surface area contributed by atoms with Gasteiger partial charge in [0.1, 0.15) is 0 Å². The molecule has 1 fully saturated rings. The van der Waals surface area contributed by atoms with Crippen LogP contribution in [-0.4, -0.2) is 23.3 Å². The Morgan fingerprint density at radius 3 is 2.00 bits per heavy atom. The molecule has 0 saturated carbocycles. The minimum Gasteiger partial charge on any atom is -0.740 e. The van der Waals surface area contributed by atoms with Gasteiger partial charge in [0.15, 0.2) is 5.69 Å². The molecule has 2 heterocycles. The predicted octanol–water partition coefficient (Wildman–Crippen LogP) is 3.43. The summed E-state index contributed by atoms with van der Waals surface area (Å²) in [6.07, 6.45) is 3.40. The van der Waals surface area contributed by atoms with E-state index in [0.29, 0.717) is 17.3 Å². The number of aromatic nitrogens is 3. The molecule has 5 nitrogen and oxygen atoms in total. The van der Waals surface area contributed by atoms with Gasteiger partial charge in [-0.15, -0.1) is 0 Å². The Morgan fingerprint density at radius 1 is 0.760 bits per heavy atom. The second-order valence-corrected chi connectivity index (χ2v) is 6.27. The van der Waals surface area contributed by atoms with E-state index in [2.05, 4.69) is 15.1 Å². The zero-order valence-electron chi connectivity index (χ0n) is 14.0. The first kappa shape index (κ1) is 15.6. The summed E-state index contributed by atoms with van der Waals surface area (Å²) in [5.74, 6) is 0.959. The molecule has 25 heavy (non-hydrogen) atoms. The zero-order chi connectivity index (χ0) is 17.1. The number of piperidine rings is 1. The van der Waals surface area contributed by atoms with E-state index in [0.717, 1.165) is 41.8 Å². The van der Waals surface area contributed by atoms with Gasteiger partial charge in [-0.1, -0.05) is 53.6 Å². The van der Waals surface area contributed by atoms with Crippen LogP contribution in [0.4, 0.5) is 5.82 Å². The maximum absolute atomic E-state index is 13.2. The van der Waals surface area contributed by atoms with Crippen molar-refractivity contribution < 1.29 is 4.73 Å². The molecule has 0 unspecified atom stereocenters. The third kappa shape index (κ3) is 3.05. The predicted molar refractivity (Wildman–Crippen MR) is 97.9 cm³/mol. The summed E-state index contributed by atoms with van der Waals surface area (Å²) in [6, 6.07) is 19.3. The van der Waals surface area contributed by atoms with Gasteiger partial charge >= 0.3 is 0 Å². The first-order valence-corrected chi connectivity index (χ1v) is 8.70. The largest absolute Gasteiger partial charge is 0.740 e. The van der Waals surface area contributed by atoms with Gasteiger partial charge in [-0.2, -0.15) is 0 Å². The summed E-state index contributed by atoms with van der Waals surface area (Å²) >= 11 is 0. The lowest BCUT2D eigenvalue weighted by Gasteiger charge is -2.28. The average molecular weight is 332 g/mol. The summed E-state index contributed by atoms with van der Waals surface area (Å²) in [7, 11) is 0. The molecule has 0 atom stereocenters. The van der Waals surface area contributed by atoms with Crippen LogP contribution < -0.4 is 9.63 Å². The SMILES string of the molecule is [O-][n+]1c(-c2ccccc2)nnc(-c2ccccc2)c1N1CCCCC1. The smallest absolute Gasteiger partial charge is 0.296 e. The molecule has 0 spiro atoms. The molecule has 1 aromatic heterocycles. The van der Waals surface area contributed by atoms with Crippen molar-refractivity contribution in [3.8, 4) is 22.6 Å². The van der Waals surface area contributed by atoms with Crippen molar-refractivity contribution in [2.24, 2.45) is 0 Å². The van der Waals surface area contributed by atoms with Crippen LogP contribution in [-0.2, 0) is 0 Å². The topological polar surface area (TPSA) is 56.0 Å². The van der Waals surface area contributed by atoms with Crippen molar-refractivity contribution in [1.29, 1.82) is 0 Å². The van der Waals surface area contributed by atoms with Gasteiger partial charge in [-0.25, -0.2) is 4.73 Å². The lowest BCUT2D eigenvalue weighted by Crippen LogP contribution is -2.44. The number of anilines is 1. The zero-order valence-corrected chi connectivity index (χ0v) is 14.0. The van der Waals surface area contributed by atoms with Crippen molar-refractivity contribution in [2.45, 2.75) is 19.3 Å². The van der Waals surface area contributed by atoms with Crippen LogP contribution in [0.5, 0.6) is 0 Å². The molecule has 0 N–H and O–H groups in total. The molecular weight excluding hydrogens is 312 g/mol. The lowest BCUT2D eigenvalue weighted by atomic mass is 10.1. The second-order valence-electron chi connectivity index (χ2n) is 6.27. The highest BCUT2D eigenvalue weighted by Gasteiger charge is 2.27. The van der Waals surface area contributed by atoms with Crippen molar-refractivity contribution in [1.82, 2.24) is 10.2 Å². The highest BCUT2D eigenvalue weighted by molar-refractivity contribution is 5.70. The van der Waals surface area contributed by atoms with Gasteiger partial charge in [0, 0.05) is 10.7 Å². The Labute approximate surface area is 147 Å². The second kappa shape index (κ2) is 6.89. The number of nitrogens with zero attached hydrogens (tertiary/aromatic N) is 4. The highest BCUT2D eigenvalue weighted by atomic mass is 16.5. The highest BCUT2D eigenvalue weighted by Crippen LogP contribution is 2.28. The van der Waals surface area contributed by atoms with E-state index >= 15 is 0 Å². The summed E-state index contributed by atoms with van der Waals surface area (Å²) in [6.45, 7) is 1.75. The third-order valence-electron chi connectivity index (χ3n) is 4.58. The van der Waals surface area contributed by atoms with Gasteiger partial charge in [0.05, 0.1) is 18.7 Å². The molecule has 1 aliphatic rings. The third-order valence-corrected chi connectivity index (χ3v) is 4.58. The molecule has 3 aromatic rings. The number of hydrogen-bond donors (Lipinski definition) is 0. The Morgan fingerprint density at radius 2 is 1.36 bits per heavy atom. The maximum atomic E-state index is 13.2. The van der Waals surface area contributed by atoms with Crippen LogP contribution in [0.15, 0.2) is 60.7 Å². The Bertz CT molecular complexity index is 846. The van der Waals surface area contributed by atoms with Crippen LogP contribution in [0.25, 0.3) is 22.6 Å². The molecule has 1 aliphatic heterocycles. The average Bonchev–Trinajstić information content (AvgIpc) is 2.70. The van der Waals surface area contributed by atoms with E-state index in [-0.39, 0.29) is 0 Å². The van der Waals surface area contributed by atoms with Crippen LogP contribution in [0.3, 0.4) is 0 Å². The molecule has 0 radical (unpaired) electrons. The molecule has 2 aromatic carbocycles. The van der Waals surface area contributed by atoms with Gasteiger partial charge in [-0.3, -0.25) is 4.90 Å². The van der Waals surface area contributed by atoms with E-state index in [9.17, 15) is 5.21 Å². The van der Waals surface area contributed by atoms with E-state index in [1.54, 1.807) is 0 Å². The van der Waals surface area contributed by atoms with Crippen molar-refractivity contribution in [2.75, 3.05) is 18.0 Å². The van der Waals surface area contributed by atoms with Crippen LogP contribution in [0.2, 0.25) is 0 Å². The summed E-state index contributed by atoms with van der Waals surface area (Å²) < 4.78 is 0.954. The summed E-state index contributed by atoms with van der Waals surface area (Å²) in [5, 5.41) is 21.9. The molecule has 0 amide bonds. The van der Waals surface area contributed by atoms with E-state index < -0.39 is 0 Å². The normalized spacial score (nSPS) is 14.5. The Balaban J connectivity index is 1.89. The number of hydrogen-bond acceptors (Lipinski definition) is 4. The Hall–Kier alpha value is -2.95. The first-order valence-electron chi connectivity index (χ1n) is 8.70. The molecule has 126 valence electrons. The summed E-state index contributed by atoms with van der Waals surface area (Å²) in [5.41, 5.74) is 2.35. The summed E-state index contributed by atoms with van der Waals surface area (Å²) in [4.78, 5) is 2.15. The number of benzene rings is 2. The van der Waals surface area contributed by atoms with Gasteiger partial charge < -0.3 is 5.21 Å². The Kier molecular flexibility index (Phi) is 4.29. The molecule has 4 rings (SSSR count). The standard InChI is InChI=1S/C20H20N4O/c25-24-19(17-12-6-2-7-13-17)22-21-18(16-10-4-1-5-11-16)20(24)23-14-8-3-9-15-23/h1-2,4-7,10-13H,3,8-9,14-15H2. The van der Waals surface area contributed by atoms with Crippen molar-refractivity contribution >= 4 is 5.82 Å². The van der Waals surface area contributed by atoms with E-state index in [1.165, 1.54) is 6.42 Å². The fourth-order valence-electron chi connectivity index (χ4n) is 3.31. The van der Waals surface area contributed by atoms with Crippen LogP contribution in [0, 0.1) is 5.21 Å². The fourth-order valence-corrected chi connectivity index (χ4v) is 3.31. The molecule has 5 heteroatoms. The minimum absolute atomic E-state index is 0.348. The van der Waals surface area contributed by atoms with Crippen LogP contribution >= 0.6 is 0 Å². The first-order chi connectivity index (χ1) is 12.3. The lowest BCUT2D eigenvalue weighted by molar-refractivity contribution is -0.583. The number of rotatable bonds is 3. The molecule has 1 saturated heterocycles. The van der Waals surface area contributed by atoms with Gasteiger partial charge in [-0.05, 0) is 31.4 Å². The van der Waals surface area contributed by atoms with Crippen molar-refractivity contribution in [3.63, 3.8) is 0 Å². The fraction of sp³-hybridized carbons (Fsp3) is 0.250. The van der Waals surface area contributed by atoms with Gasteiger partial charge in [0.2, 0.25) is 0 Å². The quantitative estimate of drug-likeness (QED) is 0.545. The maximum Gasteiger partial charge on any atom is 0.296 e. The van der Waals surface area contributed by atoms with Crippen molar-refractivity contribution in [3.05, 3.63) is 65.9 Å². The van der Waals surface area contributed by atoms with E-state index in [1.807, 2.05) is 60.7 Å².